The molecule has 0 aliphatic carbocycles. The van der Waals surface area contributed by atoms with E-state index in [9.17, 15) is 0 Å². The van der Waals surface area contributed by atoms with Crippen LogP contribution in [0.1, 0.15) is 26.7 Å². The molecule has 0 aliphatic heterocycles. The number of nitrogens with one attached hydrogen (secondary N) is 1. The topological polar surface area (TPSA) is 56.3 Å². The van der Waals surface area contributed by atoms with Gasteiger partial charge in [-0.25, -0.2) is 9.97 Å². The van der Waals surface area contributed by atoms with Crippen molar-refractivity contribution in [1.82, 2.24) is 9.97 Å². The Morgan fingerprint density at radius 1 is 1.10 bits per heavy atom. The van der Waals surface area contributed by atoms with Crippen LogP contribution in [0, 0.1) is 0 Å². The fraction of sp³-hybridized carbons (Fsp3) is 0.467. The minimum atomic E-state index is 0.404. The first-order valence-electron chi connectivity index (χ1n) is 6.87. The standard InChI is InChI=1S/C15H21N3O2/c1-5-10(6-2)18-15-11-7-8-12(19-3)14(20-4)13(11)16-9-17-15/h7-10H,5-6H2,1-4H3,(H,16,17,18). The number of fused-ring (bicyclic) bond motifs is 1. The molecular formula is C15H21N3O2. The highest BCUT2D eigenvalue weighted by Crippen LogP contribution is 2.36. The largest absolute Gasteiger partial charge is 0.493 e. The molecule has 1 heterocycles. The number of ether oxygens (including phenoxy) is 2. The number of benzene rings is 1. The first-order valence-corrected chi connectivity index (χ1v) is 6.87. The van der Waals surface area contributed by atoms with Gasteiger partial charge in [0.15, 0.2) is 11.5 Å². The molecule has 0 atom stereocenters. The molecular weight excluding hydrogens is 254 g/mol. The summed E-state index contributed by atoms with van der Waals surface area (Å²) < 4.78 is 10.7. The molecule has 0 bridgehead atoms. The Labute approximate surface area is 119 Å². The zero-order valence-electron chi connectivity index (χ0n) is 12.4. The van der Waals surface area contributed by atoms with Crippen molar-refractivity contribution in [3.05, 3.63) is 18.5 Å². The summed E-state index contributed by atoms with van der Waals surface area (Å²) in [4.78, 5) is 8.68. The molecule has 1 aromatic heterocycles. The zero-order chi connectivity index (χ0) is 14.5. The number of hydrogen-bond donors (Lipinski definition) is 1. The van der Waals surface area contributed by atoms with E-state index in [1.807, 2.05) is 12.1 Å². The predicted octanol–water partition coefficient (Wildman–Crippen LogP) is 3.25. The van der Waals surface area contributed by atoms with E-state index in [-0.39, 0.29) is 0 Å². The van der Waals surface area contributed by atoms with Crippen LogP contribution < -0.4 is 14.8 Å². The van der Waals surface area contributed by atoms with Gasteiger partial charge in [-0.1, -0.05) is 13.8 Å². The quantitative estimate of drug-likeness (QED) is 0.877. The van der Waals surface area contributed by atoms with E-state index >= 15 is 0 Å². The summed E-state index contributed by atoms with van der Waals surface area (Å²) in [6.07, 6.45) is 3.65. The molecule has 2 rings (SSSR count). The minimum Gasteiger partial charge on any atom is -0.493 e. The smallest absolute Gasteiger partial charge is 0.187 e. The fourth-order valence-corrected chi connectivity index (χ4v) is 2.24. The molecule has 0 amide bonds. The SMILES string of the molecule is CCC(CC)Nc1ncnc2c(OC)c(OC)ccc12. The summed E-state index contributed by atoms with van der Waals surface area (Å²) in [6, 6.07) is 4.24. The van der Waals surface area contributed by atoms with Crippen LogP contribution in [0.4, 0.5) is 5.82 Å². The van der Waals surface area contributed by atoms with Crippen LogP contribution >= 0.6 is 0 Å². The van der Waals surface area contributed by atoms with E-state index in [2.05, 4.69) is 29.1 Å². The monoisotopic (exact) mass is 275 g/mol. The van der Waals surface area contributed by atoms with Crippen LogP contribution in [0.25, 0.3) is 10.9 Å². The summed E-state index contributed by atoms with van der Waals surface area (Å²) in [5.41, 5.74) is 0.760. The number of rotatable bonds is 6. The van der Waals surface area contributed by atoms with Crippen molar-refractivity contribution in [2.75, 3.05) is 19.5 Å². The van der Waals surface area contributed by atoms with Crippen molar-refractivity contribution in [2.45, 2.75) is 32.7 Å². The number of hydrogen-bond acceptors (Lipinski definition) is 5. The molecule has 1 N–H and O–H groups in total. The Morgan fingerprint density at radius 3 is 2.45 bits per heavy atom. The van der Waals surface area contributed by atoms with E-state index in [1.165, 1.54) is 0 Å². The lowest BCUT2D eigenvalue weighted by Crippen LogP contribution is -2.18. The average Bonchev–Trinajstić information content (AvgIpc) is 2.51. The molecule has 108 valence electrons. The second kappa shape index (κ2) is 6.41. The molecule has 0 unspecified atom stereocenters. The molecule has 0 aliphatic rings. The molecule has 0 fully saturated rings. The van der Waals surface area contributed by atoms with Gasteiger partial charge in [-0.3, -0.25) is 0 Å². The third kappa shape index (κ3) is 2.61. The summed E-state index contributed by atoms with van der Waals surface area (Å²) in [5.74, 6) is 2.15. The maximum Gasteiger partial charge on any atom is 0.187 e. The molecule has 0 saturated heterocycles. The Bertz CT molecular complexity index is 583. The maximum absolute atomic E-state index is 5.42. The van der Waals surface area contributed by atoms with Gasteiger partial charge < -0.3 is 14.8 Å². The van der Waals surface area contributed by atoms with Crippen LogP contribution in [0.5, 0.6) is 11.5 Å². The molecule has 0 radical (unpaired) electrons. The van der Waals surface area contributed by atoms with Gasteiger partial charge in [0.25, 0.3) is 0 Å². The molecule has 2 aromatic rings. The third-order valence-corrected chi connectivity index (χ3v) is 3.47. The summed E-state index contributed by atoms with van der Waals surface area (Å²) in [7, 11) is 3.24. The lowest BCUT2D eigenvalue weighted by molar-refractivity contribution is 0.358. The fourth-order valence-electron chi connectivity index (χ4n) is 2.24. The first kappa shape index (κ1) is 14.4. The second-order valence-corrected chi connectivity index (χ2v) is 4.58. The van der Waals surface area contributed by atoms with Gasteiger partial charge in [0.1, 0.15) is 17.7 Å². The van der Waals surface area contributed by atoms with Crippen LogP contribution in [-0.4, -0.2) is 30.2 Å². The Kier molecular flexibility index (Phi) is 4.61. The predicted molar refractivity (Wildman–Crippen MR) is 80.6 cm³/mol. The van der Waals surface area contributed by atoms with Crippen LogP contribution in [0.3, 0.4) is 0 Å². The third-order valence-electron chi connectivity index (χ3n) is 3.47. The number of anilines is 1. The molecule has 1 aromatic carbocycles. The highest BCUT2D eigenvalue weighted by molar-refractivity contribution is 5.94. The maximum atomic E-state index is 5.42. The average molecular weight is 275 g/mol. The van der Waals surface area contributed by atoms with E-state index in [0.717, 1.165) is 29.6 Å². The van der Waals surface area contributed by atoms with Crippen molar-refractivity contribution in [1.29, 1.82) is 0 Å². The normalized spacial score (nSPS) is 10.8. The van der Waals surface area contributed by atoms with Crippen LogP contribution in [0.2, 0.25) is 0 Å². The first-order chi connectivity index (χ1) is 9.74. The summed E-state index contributed by atoms with van der Waals surface area (Å²) in [6.45, 7) is 4.32. The number of nitrogens with zero attached hydrogens (tertiary/aromatic N) is 2. The molecule has 5 heteroatoms. The van der Waals surface area contributed by atoms with Crippen LogP contribution in [-0.2, 0) is 0 Å². The molecule has 5 nitrogen and oxygen atoms in total. The minimum absolute atomic E-state index is 0.404. The van der Waals surface area contributed by atoms with Crippen molar-refractivity contribution in [3.8, 4) is 11.5 Å². The van der Waals surface area contributed by atoms with Gasteiger partial charge in [0.05, 0.1) is 14.2 Å². The van der Waals surface area contributed by atoms with Crippen molar-refractivity contribution < 1.29 is 9.47 Å². The van der Waals surface area contributed by atoms with Gasteiger partial charge in [-0.15, -0.1) is 0 Å². The number of methoxy groups -OCH3 is 2. The van der Waals surface area contributed by atoms with Gasteiger partial charge in [-0.05, 0) is 25.0 Å². The Balaban J connectivity index is 2.53. The Hall–Kier alpha value is -2.04. The highest BCUT2D eigenvalue weighted by atomic mass is 16.5. The lowest BCUT2D eigenvalue weighted by atomic mass is 10.1. The van der Waals surface area contributed by atoms with E-state index in [1.54, 1.807) is 20.5 Å². The highest BCUT2D eigenvalue weighted by Gasteiger charge is 2.14. The zero-order valence-corrected chi connectivity index (χ0v) is 12.4. The number of aromatic nitrogens is 2. The molecule has 0 saturated carbocycles. The van der Waals surface area contributed by atoms with Gasteiger partial charge in [-0.2, -0.15) is 0 Å². The Morgan fingerprint density at radius 2 is 1.85 bits per heavy atom. The molecule has 0 spiro atoms. The van der Waals surface area contributed by atoms with E-state index < -0.39 is 0 Å². The second-order valence-electron chi connectivity index (χ2n) is 4.58. The van der Waals surface area contributed by atoms with Crippen molar-refractivity contribution in [2.24, 2.45) is 0 Å². The van der Waals surface area contributed by atoms with Crippen molar-refractivity contribution in [3.63, 3.8) is 0 Å². The lowest BCUT2D eigenvalue weighted by Gasteiger charge is -2.17. The summed E-state index contributed by atoms with van der Waals surface area (Å²) in [5, 5.41) is 4.40. The van der Waals surface area contributed by atoms with Crippen molar-refractivity contribution >= 4 is 16.7 Å². The van der Waals surface area contributed by atoms with E-state index in [0.29, 0.717) is 17.5 Å². The van der Waals surface area contributed by atoms with Gasteiger partial charge in [0, 0.05) is 11.4 Å². The van der Waals surface area contributed by atoms with E-state index in [4.69, 9.17) is 9.47 Å². The summed E-state index contributed by atoms with van der Waals surface area (Å²) >= 11 is 0. The van der Waals surface area contributed by atoms with Gasteiger partial charge >= 0.3 is 0 Å². The van der Waals surface area contributed by atoms with Crippen LogP contribution in [0.15, 0.2) is 18.5 Å². The van der Waals surface area contributed by atoms with Gasteiger partial charge in [0.2, 0.25) is 0 Å². The molecule has 20 heavy (non-hydrogen) atoms.